The Morgan fingerprint density at radius 3 is 2.54 bits per heavy atom. The SMILES string of the molecule is O=C(NN[C@@H]1CC(=O)N(c2ccccc2)C1=O)c1cccc(F)c1. The van der Waals surface area contributed by atoms with Crippen LogP contribution in [-0.2, 0) is 9.59 Å². The zero-order chi connectivity index (χ0) is 17.1. The number of carbonyl (C=O) groups excluding carboxylic acids is 3. The third-order valence-electron chi connectivity index (χ3n) is 3.61. The Bertz CT molecular complexity index is 795. The Balaban J connectivity index is 1.65. The van der Waals surface area contributed by atoms with Crippen LogP contribution in [0.4, 0.5) is 10.1 Å². The number of rotatable bonds is 4. The highest BCUT2D eigenvalue weighted by Gasteiger charge is 2.39. The first-order valence-electron chi connectivity index (χ1n) is 7.29. The van der Waals surface area contributed by atoms with Crippen LogP contribution < -0.4 is 15.8 Å². The molecule has 2 N–H and O–H groups in total. The number of para-hydroxylation sites is 1. The second-order valence-corrected chi connectivity index (χ2v) is 5.27. The summed E-state index contributed by atoms with van der Waals surface area (Å²) < 4.78 is 13.1. The van der Waals surface area contributed by atoms with Gasteiger partial charge in [0.25, 0.3) is 11.8 Å². The van der Waals surface area contributed by atoms with Crippen molar-refractivity contribution in [2.24, 2.45) is 0 Å². The standard InChI is InChI=1S/C17H14FN3O3/c18-12-6-4-5-11(9-12)16(23)20-19-14-10-15(22)21(17(14)24)13-7-2-1-3-8-13/h1-9,14,19H,10H2,(H,20,23)/t14-/m1/s1. The summed E-state index contributed by atoms with van der Waals surface area (Å²) in [6.07, 6.45) is -0.0723. The zero-order valence-electron chi connectivity index (χ0n) is 12.5. The van der Waals surface area contributed by atoms with Crippen LogP contribution in [0.2, 0.25) is 0 Å². The molecule has 0 spiro atoms. The minimum Gasteiger partial charge on any atom is -0.287 e. The van der Waals surface area contributed by atoms with Gasteiger partial charge < -0.3 is 0 Å². The van der Waals surface area contributed by atoms with E-state index in [1.807, 2.05) is 0 Å². The van der Waals surface area contributed by atoms with Crippen molar-refractivity contribution in [1.29, 1.82) is 0 Å². The van der Waals surface area contributed by atoms with Gasteiger partial charge in [-0.05, 0) is 30.3 Å². The van der Waals surface area contributed by atoms with Gasteiger partial charge in [0.1, 0.15) is 11.9 Å². The third-order valence-corrected chi connectivity index (χ3v) is 3.61. The number of hydrazine groups is 1. The number of benzene rings is 2. The lowest BCUT2D eigenvalue weighted by atomic mass is 10.2. The first-order valence-corrected chi connectivity index (χ1v) is 7.29. The summed E-state index contributed by atoms with van der Waals surface area (Å²) in [4.78, 5) is 37.4. The number of hydrogen-bond donors (Lipinski definition) is 2. The van der Waals surface area contributed by atoms with Gasteiger partial charge in [0.2, 0.25) is 5.91 Å². The lowest BCUT2D eigenvalue weighted by Crippen LogP contribution is -2.48. The average molecular weight is 327 g/mol. The van der Waals surface area contributed by atoms with E-state index < -0.39 is 23.7 Å². The van der Waals surface area contributed by atoms with Crippen LogP contribution in [0, 0.1) is 5.82 Å². The monoisotopic (exact) mass is 327 g/mol. The van der Waals surface area contributed by atoms with Gasteiger partial charge in [-0.15, -0.1) is 0 Å². The smallest absolute Gasteiger partial charge is 0.265 e. The van der Waals surface area contributed by atoms with Crippen molar-refractivity contribution in [3.05, 3.63) is 66.0 Å². The van der Waals surface area contributed by atoms with Gasteiger partial charge in [0, 0.05) is 5.56 Å². The van der Waals surface area contributed by atoms with E-state index >= 15 is 0 Å². The highest BCUT2D eigenvalue weighted by atomic mass is 19.1. The van der Waals surface area contributed by atoms with E-state index in [1.165, 1.54) is 18.2 Å². The van der Waals surface area contributed by atoms with E-state index in [9.17, 15) is 18.8 Å². The van der Waals surface area contributed by atoms with E-state index in [2.05, 4.69) is 10.9 Å². The predicted octanol–water partition coefficient (Wildman–Crippen LogP) is 1.39. The molecule has 7 heteroatoms. The Hall–Kier alpha value is -3.06. The maximum atomic E-state index is 13.1. The summed E-state index contributed by atoms with van der Waals surface area (Å²) in [7, 11) is 0. The molecule has 0 unspecified atom stereocenters. The first kappa shape index (κ1) is 15.8. The van der Waals surface area contributed by atoms with E-state index in [-0.39, 0.29) is 17.9 Å². The van der Waals surface area contributed by atoms with Gasteiger partial charge >= 0.3 is 0 Å². The minimum atomic E-state index is -0.866. The Morgan fingerprint density at radius 1 is 1.08 bits per heavy atom. The molecule has 24 heavy (non-hydrogen) atoms. The molecule has 1 atom stereocenters. The number of anilines is 1. The molecule has 1 aliphatic rings. The number of nitrogens with zero attached hydrogens (tertiary/aromatic N) is 1. The minimum absolute atomic E-state index is 0.0723. The van der Waals surface area contributed by atoms with Gasteiger partial charge in [-0.3, -0.25) is 19.8 Å². The van der Waals surface area contributed by atoms with Crippen LogP contribution in [0.5, 0.6) is 0 Å². The number of carbonyl (C=O) groups is 3. The maximum Gasteiger partial charge on any atom is 0.265 e. The lowest BCUT2D eigenvalue weighted by Gasteiger charge is -2.15. The van der Waals surface area contributed by atoms with Gasteiger partial charge in [-0.25, -0.2) is 14.7 Å². The molecule has 0 aliphatic carbocycles. The molecule has 6 nitrogen and oxygen atoms in total. The van der Waals surface area contributed by atoms with Crippen LogP contribution in [-0.4, -0.2) is 23.8 Å². The molecule has 1 fully saturated rings. The summed E-state index contributed by atoms with van der Waals surface area (Å²) in [5, 5.41) is 0. The molecule has 2 aromatic rings. The first-order chi connectivity index (χ1) is 11.6. The summed E-state index contributed by atoms with van der Waals surface area (Å²) >= 11 is 0. The number of imide groups is 1. The summed E-state index contributed by atoms with van der Waals surface area (Å²) in [5.74, 6) is -1.94. The molecular formula is C17H14FN3O3. The summed E-state index contributed by atoms with van der Waals surface area (Å²) in [5.41, 5.74) is 5.47. The molecule has 0 bridgehead atoms. The van der Waals surface area contributed by atoms with E-state index in [4.69, 9.17) is 0 Å². The molecule has 2 aromatic carbocycles. The molecule has 0 aromatic heterocycles. The molecule has 3 rings (SSSR count). The van der Waals surface area contributed by atoms with E-state index in [0.717, 1.165) is 11.0 Å². The maximum absolute atomic E-state index is 13.1. The van der Waals surface area contributed by atoms with E-state index in [0.29, 0.717) is 5.69 Å². The topological polar surface area (TPSA) is 78.5 Å². The molecule has 1 aliphatic heterocycles. The fourth-order valence-corrected chi connectivity index (χ4v) is 2.45. The highest BCUT2D eigenvalue weighted by Crippen LogP contribution is 2.22. The molecular weight excluding hydrogens is 313 g/mol. The quantitative estimate of drug-likeness (QED) is 0.657. The Kier molecular flexibility index (Phi) is 4.35. The highest BCUT2D eigenvalue weighted by molar-refractivity contribution is 6.22. The average Bonchev–Trinajstić information content (AvgIpc) is 2.87. The van der Waals surface area contributed by atoms with Gasteiger partial charge in [0.15, 0.2) is 0 Å². The molecule has 1 saturated heterocycles. The predicted molar refractivity (Wildman–Crippen MR) is 84.3 cm³/mol. The summed E-state index contributed by atoms with van der Waals surface area (Å²) in [6.45, 7) is 0. The van der Waals surface area contributed by atoms with Crippen molar-refractivity contribution in [3.8, 4) is 0 Å². The Labute approximate surface area is 137 Å². The van der Waals surface area contributed by atoms with Crippen molar-refractivity contribution < 1.29 is 18.8 Å². The van der Waals surface area contributed by atoms with Crippen LogP contribution >= 0.6 is 0 Å². The number of hydrogen-bond acceptors (Lipinski definition) is 4. The van der Waals surface area contributed by atoms with Crippen LogP contribution in [0.3, 0.4) is 0 Å². The molecule has 1 heterocycles. The van der Waals surface area contributed by atoms with Crippen molar-refractivity contribution in [2.45, 2.75) is 12.5 Å². The third kappa shape index (κ3) is 3.16. The second kappa shape index (κ2) is 6.59. The molecule has 0 radical (unpaired) electrons. The fraction of sp³-hybridized carbons (Fsp3) is 0.118. The molecule has 0 saturated carbocycles. The fourth-order valence-electron chi connectivity index (χ4n) is 2.45. The van der Waals surface area contributed by atoms with Crippen LogP contribution in [0.1, 0.15) is 16.8 Å². The Morgan fingerprint density at radius 2 is 1.83 bits per heavy atom. The van der Waals surface area contributed by atoms with Gasteiger partial charge in [-0.1, -0.05) is 24.3 Å². The van der Waals surface area contributed by atoms with Gasteiger partial charge in [-0.2, -0.15) is 0 Å². The summed E-state index contributed by atoms with van der Waals surface area (Å²) in [6, 6.07) is 12.8. The normalized spacial score (nSPS) is 17.2. The van der Waals surface area contributed by atoms with Crippen LogP contribution in [0.15, 0.2) is 54.6 Å². The second-order valence-electron chi connectivity index (χ2n) is 5.27. The zero-order valence-corrected chi connectivity index (χ0v) is 12.5. The van der Waals surface area contributed by atoms with E-state index in [1.54, 1.807) is 30.3 Å². The van der Waals surface area contributed by atoms with Crippen molar-refractivity contribution in [2.75, 3.05) is 4.90 Å². The van der Waals surface area contributed by atoms with Gasteiger partial charge in [0.05, 0.1) is 12.1 Å². The molecule has 122 valence electrons. The number of amides is 3. The van der Waals surface area contributed by atoms with Crippen molar-refractivity contribution in [3.63, 3.8) is 0 Å². The lowest BCUT2D eigenvalue weighted by molar-refractivity contribution is -0.121. The number of halogens is 1. The molecule has 3 amide bonds. The van der Waals surface area contributed by atoms with Crippen molar-refractivity contribution in [1.82, 2.24) is 10.9 Å². The van der Waals surface area contributed by atoms with Crippen molar-refractivity contribution >= 4 is 23.4 Å². The largest absolute Gasteiger partial charge is 0.287 e. The van der Waals surface area contributed by atoms with Crippen LogP contribution in [0.25, 0.3) is 0 Å². The number of nitrogens with one attached hydrogen (secondary N) is 2.